The molecule has 0 heterocycles. The SMILES string of the molecule is COc1ccc(/C(=C/c2ccc(N)cc2)c2ccc(C)cc2)cc1. The van der Waals surface area contributed by atoms with Gasteiger partial charge in [-0.15, -0.1) is 0 Å². The summed E-state index contributed by atoms with van der Waals surface area (Å²) in [6.07, 6.45) is 2.19. The minimum Gasteiger partial charge on any atom is -0.497 e. The van der Waals surface area contributed by atoms with E-state index in [2.05, 4.69) is 49.4 Å². The summed E-state index contributed by atoms with van der Waals surface area (Å²) in [6, 6.07) is 24.6. The Kier molecular flexibility index (Phi) is 4.66. The summed E-state index contributed by atoms with van der Waals surface area (Å²) in [6.45, 7) is 2.10. The lowest BCUT2D eigenvalue weighted by Crippen LogP contribution is -1.90. The predicted molar refractivity (Wildman–Crippen MR) is 102 cm³/mol. The molecule has 0 aliphatic rings. The van der Waals surface area contributed by atoms with Crippen LogP contribution in [0, 0.1) is 6.92 Å². The molecule has 2 heteroatoms. The van der Waals surface area contributed by atoms with Crippen molar-refractivity contribution in [2.45, 2.75) is 6.92 Å². The Morgan fingerprint density at radius 1 is 0.792 bits per heavy atom. The molecule has 0 saturated heterocycles. The van der Waals surface area contributed by atoms with Gasteiger partial charge in [-0.3, -0.25) is 0 Å². The fraction of sp³-hybridized carbons (Fsp3) is 0.0909. The Balaban J connectivity index is 2.08. The largest absolute Gasteiger partial charge is 0.497 e. The van der Waals surface area contributed by atoms with Crippen LogP contribution in [0.4, 0.5) is 5.69 Å². The normalized spacial score (nSPS) is 11.3. The highest BCUT2D eigenvalue weighted by Gasteiger charge is 2.06. The number of methoxy groups -OCH3 is 1. The average Bonchev–Trinajstić information content (AvgIpc) is 2.62. The third-order valence-corrected chi connectivity index (χ3v) is 4.01. The van der Waals surface area contributed by atoms with E-state index >= 15 is 0 Å². The summed E-state index contributed by atoms with van der Waals surface area (Å²) in [5, 5.41) is 0. The zero-order chi connectivity index (χ0) is 16.9. The van der Waals surface area contributed by atoms with E-state index in [1.807, 2.05) is 36.4 Å². The van der Waals surface area contributed by atoms with E-state index in [1.165, 1.54) is 16.7 Å². The minimum atomic E-state index is 0.772. The van der Waals surface area contributed by atoms with Crippen LogP contribution >= 0.6 is 0 Å². The molecule has 0 aliphatic heterocycles. The van der Waals surface area contributed by atoms with Crippen LogP contribution in [-0.4, -0.2) is 7.11 Å². The van der Waals surface area contributed by atoms with Crippen LogP contribution in [0.25, 0.3) is 11.6 Å². The van der Waals surface area contributed by atoms with Gasteiger partial charge in [-0.25, -0.2) is 0 Å². The molecule has 120 valence electrons. The molecule has 0 aromatic heterocycles. The van der Waals surface area contributed by atoms with Gasteiger partial charge >= 0.3 is 0 Å². The number of anilines is 1. The highest BCUT2D eigenvalue weighted by atomic mass is 16.5. The first-order chi connectivity index (χ1) is 11.7. The van der Waals surface area contributed by atoms with E-state index < -0.39 is 0 Å². The predicted octanol–water partition coefficient (Wildman–Crippen LogP) is 5.17. The molecular weight excluding hydrogens is 294 g/mol. The first-order valence-corrected chi connectivity index (χ1v) is 7.94. The number of hydrogen-bond acceptors (Lipinski definition) is 2. The van der Waals surface area contributed by atoms with Crippen molar-refractivity contribution in [3.05, 3.63) is 95.1 Å². The Bertz CT molecular complexity index is 829. The van der Waals surface area contributed by atoms with Gasteiger partial charge in [-0.2, -0.15) is 0 Å². The van der Waals surface area contributed by atoms with Crippen molar-refractivity contribution < 1.29 is 4.74 Å². The Hall–Kier alpha value is -3.00. The maximum absolute atomic E-state index is 5.79. The first-order valence-electron chi connectivity index (χ1n) is 7.94. The second kappa shape index (κ2) is 7.05. The molecule has 0 saturated carbocycles. The molecule has 24 heavy (non-hydrogen) atoms. The third kappa shape index (κ3) is 3.66. The first kappa shape index (κ1) is 15.9. The third-order valence-electron chi connectivity index (χ3n) is 4.01. The van der Waals surface area contributed by atoms with Crippen LogP contribution in [0.2, 0.25) is 0 Å². The second-order valence-electron chi connectivity index (χ2n) is 5.82. The lowest BCUT2D eigenvalue weighted by molar-refractivity contribution is 0.415. The second-order valence-corrected chi connectivity index (χ2v) is 5.82. The zero-order valence-corrected chi connectivity index (χ0v) is 14.0. The molecule has 2 nitrogen and oxygen atoms in total. The lowest BCUT2D eigenvalue weighted by atomic mass is 9.95. The number of rotatable bonds is 4. The molecule has 0 amide bonds. The summed E-state index contributed by atoms with van der Waals surface area (Å²) in [5.41, 5.74) is 12.4. The van der Waals surface area contributed by atoms with E-state index in [1.54, 1.807) is 7.11 Å². The smallest absolute Gasteiger partial charge is 0.118 e. The van der Waals surface area contributed by atoms with Crippen LogP contribution in [0.3, 0.4) is 0 Å². The quantitative estimate of drug-likeness (QED) is 0.532. The molecule has 0 radical (unpaired) electrons. The van der Waals surface area contributed by atoms with Crippen LogP contribution in [0.15, 0.2) is 72.8 Å². The molecule has 3 aromatic rings. The minimum absolute atomic E-state index is 0.772. The molecule has 0 atom stereocenters. The summed E-state index contributed by atoms with van der Waals surface area (Å²) in [7, 11) is 1.68. The molecule has 2 N–H and O–H groups in total. The number of benzene rings is 3. The summed E-state index contributed by atoms with van der Waals surface area (Å²) < 4.78 is 5.27. The van der Waals surface area contributed by atoms with Gasteiger partial charge in [0.05, 0.1) is 7.11 Å². The van der Waals surface area contributed by atoms with Crippen molar-refractivity contribution in [1.29, 1.82) is 0 Å². The van der Waals surface area contributed by atoms with E-state index in [0.29, 0.717) is 0 Å². The molecule has 0 fully saturated rings. The molecule has 0 bridgehead atoms. The van der Waals surface area contributed by atoms with Gasteiger partial charge in [0.1, 0.15) is 5.75 Å². The van der Waals surface area contributed by atoms with Crippen molar-refractivity contribution in [3.63, 3.8) is 0 Å². The van der Waals surface area contributed by atoms with Crippen LogP contribution < -0.4 is 10.5 Å². The maximum Gasteiger partial charge on any atom is 0.118 e. The topological polar surface area (TPSA) is 35.2 Å². The molecule has 0 spiro atoms. The number of hydrogen-bond donors (Lipinski definition) is 1. The fourth-order valence-electron chi connectivity index (χ4n) is 2.60. The number of ether oxygens (including phenoxy) is 1. The maximum atomic E-state index is 5.79. The molecular formula is C22H21NO. The molecule has 3 rings (SSSR count). The van der Waals surface area contributed by atoms with E-state index in [9.17, 15) is 0 Å². The van der Waals surface area contributed by atoms with E-state index in [0.717, 1.165) is 22.6 Å². The summed E-state index contributed by atoms with van der Waals surface area (Å²) >= 11 is 0. The van der Waals surface area contributed by atoms with Crippen molar-refractivity contribution in [2.75, 3.05) is 12.8 Å². The van der Waals surface area contributed by atoms with Crippen LogP contribution in [0.5, 0.6) is 5.75 Å². The van der Waals surface area contributed by atoms with Crippen LogP contribution in [0.1, 0.15) is 22.3 Å². The number of nitrogen functional groups attached to an aromatic ring is 1. The summed E-state index contributed by atoms with van der Waals surface area (Å²) in [4.78, 5) is 0. The number of aryl methyl sites for hydroxylation is 1. The van der Waals surface area contributed by atoms with Gasteiger partial charge < -0.3 is 10.5 Å². The van der Waals surface area contributed by atoms with E-state index in [4.69, 9.17) is 10.5 Å². The highest BCUT2D eigenvalue weighted by Crippen LogP contribution is 2.28. The van der Waals surface area contributed by atoms with Crippen molar-refractivity contribution in [1.82, 2.24) is 0 Å². The van der Waals surface area contributed by atoms with Gasteiger partial charge in [-0.05, 0) is 59.5 Å². The molecule has 3 aromatic carbocycles. The van der Waals surface area contributed by atoms with E-state index in [-0.39, 0.29) is 0 Å². The molecule has 0 unspecified atom stereocenters. The van der Waals surface area contributed by atoms with Crippen LogP contribution in [-0.2, 0) is 0 Å². The van der Waals surface area contributed by atoms with Gasteiger partial charge in [-0.1, -0.05) is 54.1 Å². The number of nitrogens with two attached hydrogens (primary N) is 1. The van der Waals surface area contributed by atoms with Crippen molar-refractivity contribution >= 4 is 17.3 Å². The summed E-state index contributed by atoms with van der Waals surface area (Å²) in [5.74, 6) is 0.856. The Labute approximate surface area is 143 Å². The van der Waals surface area contributed by atoms with Gasteiger partial charge in [0.15, 0.2) is 0 Å². The Morgan fingerprint density at radius 2 is 1.33 bits per heavy atom. The monoisotopic (exact) mass is 315 g/mol. The Morgan fingerprint density at radius 3 is 1.88 bits per heavy atom. The van der Waals surface area contributed by atoms with Gasteiger partial charge in [0.2, 0.25) is 0 Å². The van der Waals surface area contributed by atoms with Gasteiger partial charge in [0.25, 0.3) is 0 Å². The average molecular weight is 315 g/mol. The standard InChI is InChI=1S/C22H21NO/c1-16-3-7-18(8-4-16)22(15-17-5-11-20(23)12-6-17)19-9-13-21(24-2)14-10-19/h3-15H,23H2,1-2H3/b22-15+. The zero-order valence-electron chi connectivity index (χ0n) is 14.0. The van der Waals surface area contributed by atoms with Crippen molar-refractivity contribution in [3.8, 4) is 5.75 Å². The van der Waals surface area contributed by atoms with Crippen molar-refractivity contribution in [2.24, 2.45) is 0 Å². The fourth-order valence-corrected chi connectivity index (χ4v) is 2.60. The molecule has 0 aliphatic carbocycles. The highest BCUT2D eigenvalue weighted by molar-refractivity contribution is 5.91. The van der Waals surface area contributed by atoms with Gasteiger partial charge in [0, 0.05) is 5.69 Å². The lowest BCUT2D eigenvalue weighted by Gasteiger charge is -2.11.